The molecule has 0 atom stereocenters. The highest BCUT2D eigenvalue weighted by Gasteiger charge is 2.17. The summed E-state index contributed by atoms with van der Waals surface area (Å²) in [5, 5.41) is 6.21. The minimum atomic E-state index is -0.131. The van der Waals surface area contributed by atoms with Crippen molar-refractivity contribution in [2.45, 2.75) is 39.4 Å². The quantitative estimate of drug-likeness (QED) is 0.899. The Bertz CT molecular complexity index is 536. The molecule has 0 bridgehead atoms. The van der Waals surface area contributed by atoms with Gasteiger partial charge in [0, 0.05) is 7.05 Å². The van der Waals surface area contributed by atoms with Crippen LogP contribution in [-0.4, -0.2) is 22.6 Å². The fourth-order valence-electron chi connectivity index (χ4n) is 1.52. The summed E-state index contributed by atoms with van der Waals surface area (Å²) in [6, 6.07) is 2.03. The molecule has 1 N–H and O–H groups in total. The maximum absolute atomic E-state index is 5.84. The average molecular weight is 265 g/mol. The van der Waals surface area contributed by atoms with E-state index >= 15 is 0 Å². The number of ether oxygens (including phenoxy) is 1. The second kappa shape index (κ2) is 5.20. The average Bonchev–Trinajstić information content (AvgIpc) is 2.83. The molecule has 0 amide bonds. The largest absolute Gasteiger partial charge is 0.372 e. The molecule has 0 aromatic carbocycles. The summed E-state index contributed by atoms with van der Waals surface area (Å²) < 4.78 is 5.84. The molecule has 4 nitrogen and oxygen atoms in total. The Morgan fingerprint density at radius 2 is 2.17 bits per heavy atom. The number of hydrogen-bond acceptors (Lipinski definition) is 5. The molecular weight excluding hydrogens is 246 g/mol. The molecule has 2 heterocycles. The van der Waals surface area contributed by atoms with Gasteiger partial charge in [0.05, 0.1) is 11.0 Å². The molecule has 0 fully saturated rings. The van der Waals surface area contributed by atoms with Crippen molar-refractivity contribution >= 4 is 27.4 Å². The van der Waals surface area contributed by atoms with E-state index in [1.165, 1.54) is 0 Å². The molecule has 5 heteroatoms. The second-order valence-corrected chi connectivity index (χ2v) is 5.67. The highest BCUT2D eigenvalue weighted by Crippen LogP contribution is 2.25. The molecule has 2 aromatic heterocycles. The van der Waals surface area contributed by atoms with Crippen LogP contribution in [0.15, 0.2) is 11.4 Å². The summed E-state index contributed by atoms with van der Waals surface area (Å²) in [4.78, 5) is 10.0. The van der Waals surface area contributed by atoms with Gasteiger partial charge in [0.2, 0.25) is 0 Å². The van der Waals surface area contributed by atoms with Gasteiger partial charge in [-0.25, -0.2) is 9.97 Å². The standard InChI is InChI=1S/C13H19N3OS/c1-5-13(2,3)17-8-10-15-11(14-4)9-6-7-18-12(9)16-10/h6-7H,5,8H2,1-4H3,(H,14,15,16). The minimum Gasteiger partial charge on any atom is -0.372 e. The third kappa shape index (κ3) is 2.79. The zero-order valence-corrected chi connectivity index (χ0v) is 12.1. The molecule has 0 aliphatic carbocycles. The monoisotopic (exact) mass is 265 g/mol. The van der Waals surface area contributed by atoms with Gasteiger partial charge in [-0.05, 0) is 31.7 Å². The summed E-state index contributed by atoms with van der Waals surface area (Å²) in [6.07, 6.45) is 0.965. The van der Waals surface area contributed by atoms with Crippen LogP contribution in [-0.2, 0) is 11.3 Å². The molecule has 2 aromatic rings. The highest BCUT2D eigenvalue weighted by atomic mass is 32.1. The van der Waals surface area contributed by atoms with Crippen molar-refractivity contribution in [3.8, 4) is 0 Å². The van der Waals surface area contributed by atoms with Crippen LogP contribution in [0.25, 0.3) is 10.2 Å². The molecule has 0 spiro atoms. The van der Waals surface area contributed by atoms with E-state index in [2.05, 4.69) is 36.1 Å². The predicted molar refractivity (Wildman–Crippen MR) is 76.1 cm³/mol. The number of anilines is 1. The summed E-state index contributed by atoms with van der Waals surface area (Å²) in [7, 11) is 1.88. The molecule has 0 unspecified atom stereocenters. The molecular formula is C13H19N3OS. The third-order valence-corrected chi connectivity index (χ3v) is 3.86. The minimum absolute atomic E-state index is 0.131. The molecule has 0 saturated heterocycles. The fourth-order valence-corrected chi connectivity index (χ4v) is 2.30. The molecule has 98 valence electrons. The highest BCUT2D eigenvalue weighted by molar-refractivity contribution is 7.16. The fraction of sp³-hybridized carbons (Fsp3) is 0.538. The molecule has 0 saturated carbocycles. The number of nitrogens with one attached hydrogen (secondary N) is 1. The summed E-state index contributed by atoms with van der Waals surface area (Å²) in [5.74, 6) is 1.60. The Labute approximate surface area is 111 Å². The van der Waals surface area contributed by atoms with Crippen molar-refractivity contribution < 1.29 is 4.74 Å². The van der Waals surface area contributed by atoms with Gasteiger partial charge in [-0.1, -0.05) is 6.92 Å². The lowest BCUT2D eigenvalue weighted by molar-refractivity contribution is -0.0343. The summed E-state index contributed by atoms with van der Waals surface area (Å²) in [6.45, 7) is 6.72. The third-order valence-electron chi connectivity index (χ3n) is 3.05. The van der Waals surface area contributed by atoms with Crippen LogP contribution >= 0.6 is 11.3 Å². The topological polar surface area (TPSA) is 47.0 Å². The Hall–Kier alpha value is -1.20. The number of fused-ring (bicyclic) bond motifs is 1. The zero-order chi connectivity index (χ0) is 13.2. The maximum Gasteiger partial charge on any atom is 0.158 e. The van der Waals surface area contributed by atoms with Crippen molar-refractivity contribution in [3.63, 3.8) is 0 Å². The van der Waals surface area contributed by atoms with Crippen LogP contribution < -0.4 is 5.32 Å². The van der Waals surface area contributed by atoms with Gasteiger partial charge in [-0.3, -0.25) is 0 Å². The Morgan fingerprint density at radius 1 is 1.39 bits per heavy atom. The first-order chi connectivity index (χ1) is 8.55. The van der Waals surface area contributed by atoms with E-state index in [-0.39, 0.29) is 5.60 Å². The number of aromatic nitrogens is 2. The van der Waals surface area contributed by atoms with Gasteiger partial charge < -0.3 is 10.1 Å². The van der Waals surface area contributed by atoms with E-state index in [4.69, 9.17) is 4.74 Å². The first kappa shape index (κ1) is 13.2. The zero-order valence-electron chi connectivity index (χ0n) is 11.3. The number of hydrogen-bond donors (Lipinski definition) is 1. The van der Waals surface area contributed by atoms with Gasteiger partial charge in [0.1, 0.15) is 17.3 Å². The predicted octanol–water partition coefficient (Wildman–Crippen LogP) is 3.44. The molecule has 18 heavy (non-hydrogen) atoms. The number of nitrogens with zero attached hydrogens (tertiary/aromatic N) is 2. The molecule has 0 radical (unpaired) electrons. The van der Waals surface area contributed by atoms with Gasteiger partial charge in [0.25, 0.3) is 0 Å². The maximum atomic E-state index is 5.84. The Balaban J connectivity index is 2.23. The van der Waals surface area contributed by atoms with E-state index in [0.717, 1.165) is 28.3 Å². The van der Waals surface area contributed by atoms with E-state index in [1.807, 2.05) is 18.5 Å². The first-order valence-corrected chi connectivity index (χ1v) is 6.99. The molecule has 2 rings (SSSR count). The number of rotatable bonds is 5. The van der Waals surface area contributed by atoms with Gasteiger partial charge in [-0.2, -0.15) is 0 Å². The van der Waals surface area contributed by atoms with Crippen molar-refractivity contribution in [3.05, 3.63) is 17.3 Å². The van der Waals surface area contributed by atoms with E-state index in [1.54, 1.807) is 11.3 Å². The van der Waals surface area contributed by atoms with Crippen LogP contribution in [0.4, 0.5) is 5.82 Å². The normalized spacial score (nSPS) is 12.0. The molecule has 0 aliphatic heterocycles. The van der Waals surface area contributed by atoms with Gasteiger partial charge >= 0.3 is 0 Å². The van der Waals surface area contributed by atoms with E-state index < -0.39 is 0 Å². The van der Waals surface area contributed by atoms with Gasteiger partial charge in [0.15, 0.2) is 5.82 Å². The second-order valence-electron chi connectivity index (χ2n) is 4.78. The van der Waals surface area contributed by atoms with Crippen LogP contribution in [0.1, 0.15) is 33.0 Å². The van der Waals surface area contributed by atoms with Crippen molar-refractivity contribution in [1.82, 2.24) is 9.97 Å². The van der Waals surface area contributed by atoms with Crippen LogP contribution in [0.5, 0.6) is 0 Å². The lowest BCUT2D eigenvalue weighted by Crippen LogP contribution is -2.23. The lowest BCUT2D eigenvalue weighted by Gasteiger charge is -2.22. The van der Waals surface area contributed by atoms with Crippen LogP contribution in [0.2, 0.25) is 0 Å². The van der Waals surface area contributed by atoms with Crippen molar-refractivity contribution in [2.75, 3.05) is 12.4 Å². The number of thiophene rings is 1. The van der Waals surface area contributed by atoms with Crippen molar-refractivity contribution in [1.29, 1.82) is 0 Å². The lowest BCUT2D eigenvalue weighted by atomic mass is 10.1. The SMILES string of the molecule is CCC(C)(C)OCc1nc(NC)c2ccsc2n1. The van der Waals surface area contributed by atoms with Crippen molar-refractivity contribution in [2.24, 2.45) is 0 Å². The van der Waals surface area contributed by atoms with Crippen LogP contribution in [0, 0.1) is 0 Å². The van der Waals surface area contributed by atoms with Crippen LogP contribution in [0.3, 0.4) is 0 Å². The summed E-state index contributed by atoms with van der Waals surface area (Å²) >= 11 is 1.62. The Morgan fingerprint density at radius 3 is 2.83 bits per heavy atom. The van der Waals surface area contributed by atoms with E-state index in [9.17, 15) is 0 Å². The Kier molecular flexibility index (Phi) is 3.82. The smallest absolute Gasteiger partial charge is 0.158 e. The first-order valence-electron chi connectivity index (χ1n) is 6.11. The summed E-state index contributed by atoms with van der Waals surface area (Å²) in [5.41, 5.74) is -0.131. The van der Waals surface area contributed by atoms with Gasteiger partial charge in [-0.15, -0.1) is 11.3 Å². The molecule has 0 aliphatic rings. The van der Waals surface area contributed by atoms with E-state index in [0.29, 0.717) is 6.61 Å².